The molecule has 16 heavy (non-hydrogen) atoms. The van der Waals surface area contributed by atoms with Crippen molar-refractivity contribution >= 4 is 11.8 Å². The van der Waals surface area contributed by atoms with Crippen molar-refractivity contribution in [2.24, 2.45) is 0 Å². The van der Waals surface area contributed by atoms with Crippen LogP contribution in [0.1, 0.15) is 5.56 Å². The number of rotatable bonds is 3. The summed E-state index contributed by atoms with van der Waals surface area (Å²) < 4.78 is 0. The zero-order chi connectivity index (χ0) is 11.4. The molecule has 0 aromatic heterocycles. The van der Waals surface area contributed by atoms with Crippen LogP contribution in [0, 0.1) is 0 Å². The van der Waals surface area contributed by atoms with Crippen molar-refractivity contribution in [2.75, 3.05) is 32.4 Å². The van der Waals surface area contributed by atoms with E-state index in [4.69, 9.17) is 0 Å². The first-order chi connectivity index (χ1) is 7.79. The van der Waals surface area contributed by atoms with Crippen LogP contribution < -0.4 is 5.32 Å². The predicted octanol–water partition coefficient (Wildman–Crippen LogP) is 1.52. The highest BCUT2D eigenvalue weighted by atomic mass is 32.2. The van der Waals surface area contributed by atoms with E-state index in [0.29, 0.717) is 5.75 Å². The van der Waals surface area contributed by atoms with Gasteiger partial charge in [-0.2, -0.15) is 0 Å². The average Bonchev–Trinajstić information content (AvgIpc) is 2.33. The Morgan fingerprint density at radius 1 is 1.38 bits per heavy atom. The molecule has 0 aliphatic carbocycles. The molecule has 0 atom stereocenters. The number of phenolic OH excluding ortho intramolecular Hbond substituents is 1. The summed E-state index contributed by atoms with van der Waals surface area (Å²) in [6.07, 6.45) is 2.02. The van der Waals surface area contributed by atoms with Crippen molar-refractivity contribution < 1.29 is 5.11 Å². The van der Waals surface area contributed by atoms with E-state index < -0.39 is 0 Å². The molecule has 4 heteroatoms. The standard InChI is InChI=1S/C12H18N2OS/c1-16-11-3-2-10(12(15)8-11)9-14-6-4-13-5-7-14/h2-3,8,13,15H,4-7,9H2,1H3. The summed E-state index contributed by atoms with van der Waals surface area (Å²) in [4.78, 5) is 3.48. The molecule has 1 aromatic rings. The number of nitrogens with zero attached hydrogens (tertiary/aromatic N) is 1. The monoisotopic (exact) mass is 238 g/mol. The summed E-state index contributed by atoms with van der Waals surface area (Å²) in [7, 11) is 0. The number of hydrogen-bond donors (Lipinski definition) is 2. The second kappa shape index (κ2) is 5.57. The first-order valence-corrected chi connectivity index (χ1v) is 6.81. The number of benzene rings is 1. The number of hydrogen-bond acceptors (Lipinski definition) is 4. The van der Waals surface area contributed by atoms with Gasteiger partial charge in [0.1, 0.15) is 5.75 Å². The van der Waals surface area contributed by atoms with Crippen LogP contribution in [-0.2, 0) is 6.54 Å². The third kappa shape index (κ3) is 2.90. The lowest BCUT2D eigenvalue weighted by Crippen LogP contribution is -2.42. The number of aromatic hydroxyl groups is 1. The van der Waals surface area contributed by atoms with Crippen LogP contribution in [0.2, 0.25) is 0 Å². The molecule has 0 amide bonds. The molecular weight excluding hydrogens is 220 g/mol. The van der Waals surface area contributed by atoms with E-state index in [1.54, 1.807) is 11.8 Å². The Kier molecular flexibility index (Phi) is 4.09. The lowest BCUT2D eigenvalue weighted by molar-refractivity contribution is 0.230. The van der Waals surface area contributed by atoms with Crippen LogP contribution in [0.15, 0.2) is 23.1 Å². The topological polar surface area (TPSA) is 35.5 Å². The van der Waals surface area contributed by atoms with Crippen molar-refractivity contribution in [1.29, 1.82) is 0 Å². The van der Waals surface area contributed by atoms with E-state index in [-0.39, 0.29) is 0 Å². The van der Waals surface area contributed by atoms with Gasteiger partial charge in [0.2, 0.25) is 0 Å². The molecule has 1 aliphatic heterocycles. The third-order valence-corrected chi connectivity index (χ3v) is 3.62. The third-order valence-electron chi connectivity index (χ3n) is 2.90. The minimum Gasteiger partial charge on any atom is -0.508 e. The summed E-state index contributed by atoms with van der Waals surface area (Å²) in [6.45, 7) is 5.06. The summed E-state index contributed by atoms with van der Waals surface area (Å²) in [5, 5.41) is 13.2. The number of piperazine rings is 1. The Hall–Kier alpha value is -0.710. The van der Waals surface area contributed by atoms with Crippen LogP contribution in [-0.4, -0.2) is 42.4 Å². The van der Waals surface area contributed by atoms with Crippen LogP contribution in [0.3, 0.4) is 0 Å². The fourth-order valence-electron chi connectivity index (χ4n) is 1.91. The first kappa shape index (κ1) is 11.8. The molecule has 88 valence electrons. The van der Waals surface area contributed by atoms with Crippen molar-refractivity contribution in [3.8, 4) is 5.75 Å². The van der Waals surface area contributed by atoms with Gasteiger partial charge in [-0.05, 0) is 18.4 Å². The van der Waals surface area contributed by atoms with Crippen molar-refractivity contribution in [3.63, 3.8) is 0 Å². The van der Waals surface area contributed by atoms with Crippen LogP contribution in [0.4, 0.5) is 0 Å². The normalized spacial score (nSPS) is 17.6. The molecule has 0 bridgehead atoms. The van der Waals surface area contributed by atoms with E-state index in [1.165, 1.54) is 0 Å². The Morgan fingerprint density at radius 2 is 2.12 bits per heavy atom. The average molecular weight is 238 g/mol. The lowest BCUT2D eigenvalue weighted by atomic mass is 10.2. The molecule has 0 spiro atoms. The van der Waals surface area contributed by atoms with Crippen LogP contribution in [0.25, 0.3) is 0 Å². The van der Waals surface area contributed by atoms with Crippen molar-refractivity contribution in [2.45, 2.75) is 11.4 Å². The second-order valence-corrected chi connectivity index (χ2v) is 4.90. The maximum absolute atomic E-state index is 9.90. The molecule has 1 aromatic carbocycles. The minimum absolute atomic E-state index is 0.422. The van der Waals surface area contributed by atoms with E-state index >= 15 is 0 Å². The summed E-state index contributed by atoms with van der Waals surface area (Å²) in [6, 6.07) is 5.95. The van der Waals surface area contributed by atoms with Gasteiger partial charge in [-0.3, -0.25) is 4.90 Å². The fraction of sp³-hybridized carbons (Fsp3) is 0.500. The quantitative estimate of drug-likeness (QED) is 0.783. The van der Waals surface area contributed by atoms with Gasteiger partial charge in [0.25, 0.3) is 0 Å². The number of phenols is 1. The molecule has 0 radical (unpaired) electrons. The van der Waals surface area contributed by atoms with Gasteiger partial charge >= 0.3 is 0 Å². The van der Waals surface area contributed by atoms with Crippen LogP contribution >= 0.6 is 11.8 Å². The van der Waals surface area contributed by atoms with E-state index in [9.17, 15) is 5.11 Å². The van der Waals surface area contributed by atoms with Gasteiger partial charge in [-0.15, -0.1) is 11.8 Å². The van der Waals surface area contributed by atoms with Gasteiger partial charge in [0.15, 0.2) is 0 Å². The van der Waals surface area contributed by atoms with Crippen LogP contribution in [0.5, 0.6) is 5.75 Å². The molecule has 0 unspecified atom stereocenters. The van der Waals surface area contributed by atoms with E-state index in [0.717, 1.165) is 43.2 Å². The zero-order valence-electron chi connectivity index (χ0n) is 9.57. The fourth-order valence-corrected chi connectivity index (χ4v) is 2.35. The first-order valence-electron chi connectivity index (χ1n) is 5.58. The Balaban J connectivity index is 2.03. The molecule has 2 rings (SSSR count). The zero-order valence-corrected chi connectivity index (χ0v) is 10.4. The molecule has 3 nitrogen and oxygen atoms in total. The summed E-state index contributed by atoms with van der Waals surface area (Å²) in [5.74, 6) is 0.422. The highest BCUT2D eigenvalue weighted by Crippen LogP contribution is 2.25. The number of thioether (sulfide) groups is 1. The van der Waals surface area contributed by atoms with E-state index in [2.05, 4.69) is 16.3 Å². The van der Waals surface area contributed by atoms with Gasteiger partial charge in [0.05, 0.1) is 0 Å². The minimum atomic E-state index is 0.422. The molecular formula is C12H18N2OS. The molecule has 0 saturated carbocycles. The van der Waals surface area contributed by atoms with Gasteiger partial charge < -0.3 is 10.4 Å². The Morgan fingerprint density at radius 3 is 2.75 bits per heavy atom. The van der Waals surface area contributed by atoms with Crippen molar-refractivity contribution in [3.05, 3.63) is 23.8 Å². The van der Waals surface area contributed by atoms with Gasteiger partial charge in [-0.25, -0.2) is 0 Å². The highest BCUT2D eigenvalue weighted by molar-refractivity contribution is 7.98. The molecule has 1 aliphatic rings. The van der Waals surface area contributed by atoms with Crippen molar-refractivity contribution in [1.82, 2.24) is 10.2 Å². The highest BCUT2D eigenvalue weighted by Gasteiger charge is 2.12. The SMILES string of the molecule is CSc1ccc(CN2CCNCC2)c(O)c1. The maximum Gasteiger partial charge on any atom is 0.121 e. The Bertz CT molecular complexity index is 351. The number of nitrogens with one attached hydrogen (secondary N) is 1. The lowest BCUT2D eigenvalue weighted by Gasteiger charge is -2.27. The smallest absolute Gasteiger partial charge is 0.121 e. The Labute approximate surface area is 101 Å². The largest absolute Gasteiger partial charge is 0.508 e. The second-order valence-electron chi connectivity index (χ2n) is 4.02. The summed E-state index contributed by atoms with van der Waals surface area (Å²) >= 11 is 1.65. The molecule has 1 saturated heterocycles. The van der Waals surface area contributed by atoms with Gasteiger partial charge in [0, 0.05) is 43.2 Å². The predicted molar refractivity (Wildman–Crippen MR) is 68.0 cm³/mol. The maximum atomic E-state index is 9.90. The molecule has 1 fully saturated rings. The molecule has 1 heterocycles. The summed E-state index contributed by atoms with van der Waals surface area (Å²) in [5.41, 5.74) is 1.03. The van der Waals surface area contributed by atoms with E-state index in [1.807, 2.05) is 18.4 Å². The van der Waals surface area contributed by atoms with Gasteiger partial charge in [-0.1, -0.05) is 6.07 Å². The molecule has 2 N–H and O–H groups in total.